The fourth-order valence-corrected chi connectivity index (χ4v) is 10.2. The van der Waals surface area contributed by atoms with Gasteiger partial charge in [0.15, 0.2) is 6.54 Å². The number of fused-ring (bicyclic) bond motifs is 10. The molecule has 0 bridgehead atoms. The standard InChI is InChI=1S/C39H45N2O3S/c1-5-43-34(42)17-7-6-12-19-39(4)29-13-8-9-14-30(29)40-20-18-25-23-32-26(21-27(25)35(39)40)22-28-36(44-32)38(2,3)24-41-31-15-10-11-16-33(31)45-37(28)41/h8-11,13-16,21-22,25,32,36H,5-7,12,17-20,23-24H2,1-4H3/q+1. The third kappa shape index (κ3) is 4.66. The van der Waals surface area contributed by atoms with Crippen LogP contribution in [-0.4, -0.2) is 31.3 Å². The number of carbonyl (C=O) groups is 1. The van der Waals surface area contributed by atoms with E-state index in [1.54, 1.807) is 0 Å². The predicted molar refractivity (Wildman–Crippen MR) is 181 cm³/mol. The maximum absolute atomic E-state index is 11.9. The van der Waals surface area contributed by atoms with Gasteiger partial charge in [-0.3, -0.25) is 4.79 Å². The number of nitrogens with zero attached hydrogens (tertiary/aromatic N) is 2. The molecule has 45 heavy (non-hydrogen) atoms. The summed E-state index contributed by atoms with van der Waals surface area (Å²) >= 11 is 1.91. The molecule has 0 saturated carbocycles. The maximum Gasteiger partial charge on any atom is 0.305 e. The van der Waals surface area contributed by atoms with Crippen molar-refractivity contribution >= 4 is 38.8 Å². The molecule has 8 rings (SSSR count). The highest BCUT2D eigenvalue weighted by molar-refractivity contribution is 7.19. The summed E-state index contributed by atoms with van der Waals surface area (Å²) in [5, 5.41) is 1.35. The van der Waals surface area contributed by atoms with Gasteiger partial charge in [0.25, 0.3) is 5.01 Å². The number of hydrogen-bond acceptors (Lipinski definition) is 5. The van der Waals surface area contributed by atoms with Gasteiger partial charge in [0, 0.05) is 35.8 Å². The molecule has 0 N–H and O–H groups in total. The summed E-state index contributed by atoms with van der Waals surface area (Å²) in [7, 11) is 0. The Balaban J connectivity index is 1.18. The molecule has 0 saturated heterocycles. The number of esters is 1. The minimum Gasteiger partial charge on any atom is -0.466 e. The van der Waals surface area contributed by atoms with E-state index in [1.807, 2.05) is 18.3 Å². The number of aromatic nitrogens is 1. The second-order valence-corrected chi connectivity index (χ2v) is 15.6. The van der Waals surface area contributed by atoms with Gasteiger partial charge < -0.3 is 14.4 Å². The van der Waals surface area contributed by atoms with Crippen molar-refractivity contribution in [1.82, 2.24) is 0 Å². The highest BCUT2D eigenvalue weighted by Crippen LogP contribution is 2.57. The Kier molecular flexibility index (Phi) is 7.10. The molecule has 4 atom stereocenters. The number of unbranched alkanes of at least 4 members (excludes halogenated alkanes) is 2. The number of anilines is 1. The van der Waals surface area contributed by atoms with E-state index in [1.165, 1.54) is 48.9 Å². The topological polar surface area (TPSA) is 42.6 Å². The first-order valence-electron chi connectivity index (χ1n) is 17.1. The number of ether oxygens (including phenoxy) is 2. The summed E-state index contributed by atoms with van der Waals surface area (Å²) in [5.74, 6) is 0.441. The quantitative estimate of drug-likeness (QED) is 0.151. The molecule has 0 radical (unpaired) electrons. The number of thiazole rings is 1. The molecule has 1 aromatic heterocycles. The largest absolute Gasteiger partial charge is 0.466 e. The lowest BCUT2D eigenvalue weighted by molar-refractivity contribution is -0.688. The SMILES string of the molecule is CCOC(=O)CCCCCC1(C)C2=C3C=C4C=C5c6sc7ccccc7[n+]6CC(C)(C)C5OC4CC3CCN2c2ccccc21. The number of hydrogen-bond donors (Lipinski definition) is 0. The molecule has 0 amide bonds. The number of allylic oxidation sites excluding steroid dienone is 3. The lowest BCUT2D eigenvalue weighted by Crippen LogP contribution is -2.56. The zero-order chi connectivity index (χ0) is 30.9. The molecule has 5 nitrogen and oxygen atoms in total. The van der Waals surface area contributed by atoms with Crippen molar-refractivity contribution in [1.29, 1.82) is 0 Å². The number of carbonyl (C=O) groups excluding carboxylic acids is 1. The molecule has 5 aliphatic rings. The highest BCUT2D eigenvalue weighted by Gasteiger charge is 2.52. The van der Waals surface area contributed by atoms with Crippen LogP contribution in [-0.2, 0) is 26.2 Å². The Hall–Kier alpha value is -3.22. The number of rotatable bonds is 7. The monoisotopic (exact) mass is 621 g/mol. The predicted octanol–water partition coefficient (Wildman–Crippen LogP) is 8.28. The van der Waals surface area contributed by atoms with Crippen LogP contribution in [0.25, 0.3) is 15.8 Å². The van der Waals surface area contributed by atoms with Gasteiger partial charge in [0.2, 0.25) is 5.52 Å². The molecular formula is C39H45N2O3S+. The molecule has 0 fully saturated rings. The number of para-hydroxylation sites is 2. The van der Waals surface area contributed by atoms with Crippen LogP contribution in [0.4, 0.5) is 5.69 Å². The van der Waals surface area contributed by atoms with E-state index in [2.05, 4.69) is 90.9 Å². The molecule has 3 aromatic rings. The average Bonchev–Trinajstić information content (AvgIpc) is 3.52. The summed E-state index contributed by atoms with van der Waals surface area (Å²) in [6, 6.07) is 17.9. The van der Waals surface area contributed by atoms with Crippen LogP contribution in [0.5, 0.6) is 0 Å². The Morgan fingerprint density at radius 1 is 1.07 bits per heavy atom. The lowest BCUT2D eigenvalue weighted by Gasteiger charge is -2.46. The smallest absolute Gasteiger partial charge is 0.305 e. The number of benzene rings is 2. The zero-order valence-electron chi connectivity index (χ0n) is 27.1. The first-order valence-corrected chi connectivity index (χ1v) is 17.9. The van der Waals surface area contributed by atoms with E-state index in [-0.39, 0.29) is 29.0 Å². The molecule has 5 heterocycles. The molecule has 2 aromatic carbocycles. The maximum atomic E-state index is 11.9. The van der Waals surface area contributed by atoms with Gasteiger partial charge in [-0.15, -0.1) is 0 Å². The molecular weight excluding hydrogens is 577 g/mol. The molecule has 1 aliphatic carbocycles. The van der Waals surface area contributed by atoms with Gasteiger partial charge in [0.1, 0.15) is 10.8 Å². The van der Waals surface area contributed by atoms with Gasteiger partial charge in [-0.1, -0.05) is 74.4 Å². The summed E-state index contributed by atoms with van der Waals surface area (Å²) in [6.07, 6.45) is 12.1. The fraction of sp³-hybridized carbons (Fsp3) is 0.487. The molecule has 4 unspecified atom stereocenters. The minimum atomic E-state index is -0.0712. The first-order chi connectivity index (χ1) is 21.8. The van der Waals surface area contributed by atoms with Gasteiger partial charge in [-0.05, 0) is 80.4 Å². The van der Waals surface area contributed by atoms with Crippen LogP contribution >= 0.6 is 11.3 Å². The van der Waals surface area contributed by atoms with Crippen LogP contribution in [0.3, 0.4) is 0 Å². The second-order valence-electron chi connectivity index (χ2n) is 14.6. The van der Waals surface area contributed by atoms with Crippen LogP contribution in [0, 0.1) is 11.3 Å². The van der Waals surface area contributed by atoms with Crippen LogP contribution in [0.1, 0.15) is 83.2 Å². The van der Waals surface area contributed by atoms with Crippen molar-refractivity contribution in [2.75, 3.05) is 18.1 Å². The summed E-state index contributed by atoms with van der Waals surface area (Å²) in [6.45, 7) is 11.6. The summed E-state index contributed by atoms with van der Waals surface area (Å²) in [4.78, 5) is 14.6. The van der Waals surface area contributed by atoms with Crippen molar-refractivity contribution < 1.29 is 18.8 Å². The van der Waals surface area contributed by atoms with Gasteiger partial charge in [0.05, 0.1) is 23.7 Å². The average molecular weight is 622 g/mol. The van der Waals surface area contributed by atoms with E-state index in [0.717, 1.165) is 51.6 Å². The molecule has 234 valence electrons. The summed E-state index contributed by atoms with van der Waals surface area (Å²) < 4.78 is 16.2. The first kappa shape index (κ1) is 29.2. The Morgan fingerprint density at radius 3 is 2.76 bits per heavy atom. The minimum absolute atomic E-state index is 0.0138. The Morgan fingerprint density at radius 2 is 1.89 bits per heavy atom. The van der Waals surface area contributed by atoms with Crippen molar-refractivity contribution in [3.63, 3.8) is 0 Å². The van der Waals surface area contributed by atoms with Crippen LogP contribution in [0.2, 0.25) is 0 Å². The summed E-state index contributed by atoms with van der Waals surface area (Å²) in [5.41, 5.74) is 9.87. The van der Waals surface area contributed by atoms with Crippen molar-refractivity contribution in [3.8, 4) is 0 Å². The molecule has 4 aliphatic heterocycles. The second kappa shape index (κ2) is 10.9. The highest BCUT2D eigenvalue weighted by atomic mass is 32.1. The van der Waals surface area contributed by atoms with Crippen LogP contribution in [0.15, 0.2) is 77.5 Å². The van der Waals surface area contributed by atoms with E-state index in [0.29, 0.717) is 18.9 Å². The van der Waals surface area contributed by atoms with E-state index in [9.17, 15) is 4.79 Å². The fourth-order valence-electron chi connectivity index (χ4n) is 9.01. The van der Waals surface area contributed by atoms with Gasteiger partial charge in [-0.25, -0.2) is 0 Å². The molecule has 6 heteroatoms. The Labute approximate surface area is 271 Å². The van der Waals surface area contributed by atoms with Crippen LogP contribution < -0.4 is 9.47 Å². The third-order valence-corrected chi connectivity index (χ3v) is 12.3. The van der Waals surface area contributed by atoms with E-state index in [4.69, 9.17) is 9.47 Å². The zero-order valence-corrected chi connectivity index (χ0v) is 27.9. The van der Waals surface area contributed by atoms with Crippen molar-refractivity contribution in [2.45, 2.75) is 96.8 Å². The van der Waals surface area contributed by atoms with Gasteiger partial charge in [-0.2, -0.15) is 4.57 Å². The van der Waals surface area contributed by atoms with Crippen molar-refractivity contribution in [2.24, 2.45) is 11.3 Å². The Bertz CT molecular complexity index is 1780. The normalized spacial score (nSPS) is 27.5. The molecule has 0 spiro atoms. The third-order valence-electron chi connectivity index (χ3n) is 11.1. The lowest BCUT2D eigenvalue weighted by atomic mass is 9.69. The van der Waals surface area contributed by atoms with Gasteiger partial charge >= 0.3 is 5.97 Å². The van der Waals surface area contributed by atoms with Crippen molar-refractivity contribution in [3.05, 3.63) is 88.1 Å². The van der Waals surface area contributed by atoms with E-state index >= 15 is 0 Å². The van der Waals surface area contributed by atoms with E-state index < -0.39 is 0 Å².